The summed E-state index contributed by atoms with van der Waals surface area (Å²) >= 11 is 0. The molecule has 7 nitrogen and oxygen atoms in total. The second kappa shape index (κ2) is 11.6. The Hall–Kier alpha value is -3.74. The molecule has 1 heterocycles. The maximum Gasteiger partial charge on any atom is 0.203 e. The predicted octanol–water partition coefficient (Wildman–Crippen LogP) is 4.03. The van der Waals surface area contributed by atoms with E-state index in [0.29, 0.717) is 30.3 Å². The van der Waals surface area contributed by atoms with Crippen LogP contribution in [0.3, 0.4) is 0 Å². The Morgan fingerprint density at radius 1 is 0.875 bits per heavy atom. The molecule has 3 rings (SSSR count). The van der Waals surface area contributed by atoms with E-state index in [4.69, 9.17) is 19.2 Å². The Labute approximate surface area is 189 Å². The minimum absolute atomic E-state index is 0.458. The highest BCUT2D eigenvalue weighted by atomic mass is 16.5. The highest BCUT2D eigenvalue weighted by Crippen LogP contribution is 2.38. The zero-order chi connectivity index (χ0) is 22.8. The van der Waals surface area contributed by atoms with Crippen LogP contribution in [0.15, 0.2) is 65.8 Å². The predicted molar refractivity (Wildman–Crippen MR) is 127 cm³/mol. The maximum atomic E-state index is 5.44. The molecule has 0 atom stereocenters. The van der Waals surface area contributed by atoms with Gasteiger partial charge in [0, 0.05) is 24.8 Å². The lowest BCUT2D eigenvalue weighted by molar-refractivity contribution is 0.324. The molecule has 0 unspecified atom stereocenters. The third-order valence-corrected chi connectivity index (χ3v) is 4.84. The summed E-state index contributed by atoms with van der Waals surface area (Å²) in [5.41, 5.74) is 4.14. The first-order chi connectivity index (χ1) is 15.7. The zero-order valence-corrected chi connectivity index (χ0v) is 19.0. The van der Waals surface area contributed by atoms with Gasteiger partial charge in [-0.3, -0.25) is 4.98 Å². The second-order valence-corrected chi connectivity index (χ2v) is 7.00. The summed E-state index contributed by atoms with van der Waals surface area (Å²) in [6.07, 6.45) is 1.80. The number of nitrogens with zero attached hydrogens (tertiary/aromatic N) is 2. The number of nitrogens with one attached hydrogen (secondary N) is 2. The summed E-state index contributed by atoms with van der Waals surface area (Å²) in [7, 11) is 4.80. The molecule has 2 aromatic carbocycles. The first kappa shape index (κ1) is 22.9. The molecule has 0 aliphatic rings. The number of aromatic nitrogens is 1. The average molecular weight is 435 g/mol. The van der Waals surface area contributed by atoms with Crippen LogP contribution in [0.25, 0.3) is 11.3 Å². The van der Waals surface area contributed by atoms with Crippen LogP contribution in [0.1, 0.15) is 18.1 Å². The summed E-state index contributed by atoms with van der Waals surface area (Å²) in [5, 5.41) is 6.69. The van der Waals surface area contributed by atoms with Gasteiger partial charge in [-0.25, -0.2) is 4.99 Å². The lowest BCUT2D eigenvalue weighted by Crippen LogP contribution is -2.36. The number of pyridine rings is 1. The quantitative estimate of drug-likeness (QED) is 0.391. The van der Waals surface area contributed by atoms with Gasteiger partial charge in [0.25, 0.3) is 0 Å². The van der Waals surface area contributed by atoms with Crippen LogP contribution in [-0.2, 0) is 13.1 Å². The molecule has 7 heteroatoms. The SMILES string of the molecule is CCNC(=NCc1cc(OC)c(OC)c(OC)c1)NCc1cccc(-c2ccccn2)c1. The van der Waals surface area contributed by atoms with Crippen LogP contribution in [0.5, 0.6) is 17.2 Å². The van der Waals surface area contributed by atoms with Crippen molar-refractivity contribution in [3.63, 3.8) is 0 Å². The van der Waals surface area contributed by atoms with Crippen LogP contribution < -0.4 is 24.8 Å². The highest BCUT2D eigenvalue weighted by molar-refractivity contribution is 5.79. The van der Waals surface area contributed by atoms with E-state index in [2.05, 4.69) is 33.8 Å². The third kappa shape index (κ3) is 5.91. The Morgan fingerprint density at radius 3 is 2.28 bits per heavy atom. The van der Waals surface area contributed by atoms with E-state index < -0.39 is 0 Å². The van der Waals surface area contributed by atoms with E-state index in [1.54, 1.807) is 27.5 Å². The third-order valence-electron chi connectivity index (χ3n) is 4.84. The summed E-state index contributed by atoms with van der Waals surface area (Å²) in [4.78, 5) is 9.15. The van der Waals surface area contributed by atoms with Gasteiger partial charge >= 0.3 is 0 Å². The van der Waals surface area contributed by atoms with Gasteiger partial charge in [-0.2, -0.15) is 0 Å². The van der Waals surface area contributed by atoms with Gasteiger partial charge in [-0.15, -0.1) is 0 Å². The van der Waals surface area contributed by atoms with Crippen molar-refractivity contribution in [2.45, 2.75) is 20.0 Å². The topological polar surface area (TPSA) is 77.0 Å². The van der Waals surface area contributed by atoms with Crippen LogP contribution in [-0.4, -0.2) is 38.8 Å². The minimum Gasteiger partial charge on any atom is -0.493 e. The van der Waals surface area contributed by atoms with Gasteiger partial charge in [0.1, 0.15) is 0 Å². The van der Waals surface area contributed by atoms with E-state index in [1.807, 2.05) is 43.3 Å². The molecule has 3 aromatic rings. The van der Waals surface area contributed by atoms with Gasteiger partial charge in [0.2, 0.25) is 5.75 Å². The summed E-state index contributed by atoms with van der Waals surface area (Å²) < 4.78 is 16.3. The monoisotopic (exact) mass is 434 g/mol. The van der Waals surface area contributed by atoms with Crippen LogP contribution in [0.2, 0.25) is 0 Å². The molecule has 0 aliphatic carbocycles. The van der Waals surface area contributed by atoms with Crippen molar-refractivity contribution < 1.29 is 14.2 Å². The number of guanidine groups is 1. The van der Waals surface area contributed by atoms with Crippen molar-refractivity contribution in [1.29, 1.82) is 0 Å². The lowest BCUT2D eigenvalue weighted by atomic mass is 10.1. The van der Waals surface area contributed by atoms with Gasteiger partial charge in [0.15, 0.2) is 17.5 Å². The van der Waals surface area contributed by atoms with E-state index in [-0.39, 0.29) is 0 Å². The van der Waals surface area contributed by atoms with Gasteiger partial charge in [-0.1, -0.05) is 24.3 Å². The summed E-state index contributed by atoms with van der Waals surface area (Å²) in [5.74, 6) is 2.52. The van der Waals surface area contributed by atoms with Crippen LogP contribution in [0, 0.1) is 0 Å². The van der Waals surface area contributed by atoms with E-state index in [0.717, 1.165) is 34.9 Å². The molecule has 0 bridgehead atoms. The molecule has 0 saturated heterocycles. The molecule has 168 valence electrons. The molecule has 32 heavy (non-hydrogen) atoms. The van der Waals surface area contributed by atoms with Crippen molar-refractivity contribution in [3.8, 4) is 28.5 Å². The fourth-order valence-electron chi connectivity index (χ4n) is 3.30. The Bertz CT molecular complexity index is 1010. The van der Waals surface area contributed by atoms with E-state index in [1.165, 1.54) is 0 Å². The fourth-order valence-corrected chi connectivity index (χ4v) is 3.30. The first-order valence-corrected chi connectivity index (χ1v) is 10.5. The number of hydrogen-bond acceptors (Lipinski definition) is 5. The smallest absolute Gasteiger partial charge is 0.203 e. The van der Waals surface area contributed by atoms with Crippen molar-refractivity contribution in [1.82, 2.24) is 15.6 Å². The van der Waals surface area contributed by atoms with Crippen LogP contribution >= 0.6 is 0 Å². The van der Waals surface area contributed by atoms with Gasteiger partial charge in [-0.05, 0) is 48.4 Å². The largest absolute Gasteiger partial charge is 0.493 e. The van der Waals surface area contributed by atoms with E-state index in [9.17, 15) is 0 Å². The minimum atomic E-state index is 0.458. The zero-order valence-electron chi connectivity index (χ0n) is 19.0. The van der Waals surface area contributed by atoms with Crippen molar-refractivity contribution in [2.24, 2.45) is 4.99 Å². The standard InChI is InChI=1S/C25H30N4O3/c1-5-26-25(29-17-19-14-22(30-2)24(32-4)23(15-19)31-3)28-16-18-9-8-10-20(13-18)21-11-6-7-12-27-21/h6-15H,5,16-17H2,1-4H3,(H2,26,28,29). The fraction of sp³-hybridized carbons (Fsp3) is 0.280. The van der Waals surface area contributed by atoms with Crippen molar-refractivity contribution in [2.75, 3.05) is 27.9 Å². The Kier molecular flexibility index (Phi) is 8.31. The molecular formula is C25H30N4O3. The van der Waals surface area contributed by atoms with Crippen LogP contribution in [0.4, 0.5) is 0 Å². The highest BCUT2D eigenvalue weighted by Gasteiger charge is 2.13. The number of hydrogen-bond donors (Lipinski definition) is 2. The maximum absolute atomic E-state index is 5.44. The Balaban J connectivity index is 1.72. The number of ether oxygens (including phenoxy) is 3. The average Bonchev–Trinajstić information content (AvgIpc) is 2.85. The number of aliphatic imine (C=N–C) groups is 1. The van der Waals surface area contributed by atoms with Crippen molar-refractivity contribution in [3.05, 3.63) is 71.9 Å². The molecule has 0 spiro atoms. The molecule has 0 amide bonds. The van der Waals surface area contributed by atoms with Gasteiger partial charge < -0.3 is 24.8 Å². The summed E-state index contributed by atoms with van der Waals surface area (Å²) in [6.45, 7) is 3.90. The van der Waals surface area contributed by atoms with Crippen molar-refractivity contribution >= 4 is 5.96 Å². The lowest BCUT2D eigenvalue weighted by Gasteiger charge is -2.14. The number of benzene rings is 2. The Morgan fingerprint density at radius 2 is 1.66 bits per heavy atom. The molecule has 2 N–H and O–H groups in total. The molecule has 0 saturated carbocycles. The normalized spacial score (nSPS) is 11.1. The molecule has 0 fully saturated rings. The summed E-state index contributed by atoms with van der Waals surface area (Å²) in [6, 6.07) is 18.1. The molecule has 0 radical (unpaired) electrons. The molecular weight excluding hydrogens is 404 g/mol. The second-order valence-electron chi connectivity index (χ2n) is 7.00. The molecule has 0 aliphatic heterocycles. The number of rotatable bonds is 9. The van der Waals surface area contributed by atoms with E-state index >= 15 is 0 Å². The number of methoxy groups -OCH3 is 3. The first-order valence-electron chi connectivity index (χ1n) is 10.5. The molecule has 1 aromatic heterocycles. The van der Waals surface area contributed by atoms with Gasteiger partial charge in [0.05, 0.1) is 33.6 Å².